The van der Waals surface area contributed by atoms with Crippen LogP contribution in [0.1, 0.15) is 190 Å². The minimum atomic E-state index is 0. The molecule has 5 aromatic carbocycles. The second-order valence-corrected chi connectivity index (χ2v) is 7.81. The summed E-state index contributed by atoms with van der Waals surface area (Å²) in [5.74, 6) is 0. The standard InChI is InChI=1S/C10H8.2C7H8.C6H6.C4H10.11C2H6.2CH3.Y/c1-2-6-10-8-4-3-7-9(10)5-1;2*1-7-5-3-2-4-6-7;1-2-4-6-5-3-1;1-3-4-2;11*1-2;;;/h1-8H;2*2-6H,1H3;1-6H;3-4H2,1-2H3;11*1-2H3;2*1H3;/q;;;;;;;;;;;;;;;;2*-1;. The van der Waals surface area contributed by atoms with Crippen molar-refractivity contribution in [1.82, 2.24) is 0 Å². The molecule has 0 spiro atoms. The Labute approximate surface area is 405 Å². The van der Waals surface area contributed by atoms with Gasteiger partial charge >= 0.3 is 0 Å². The van der Waals surface area contributed by atoms with Crippen LogP contribution in [0.3, 0.4) is 0 Å². The zero-order chi connectivity index (χ0) is 46.7. The maximum Gasteiger partial charge on any atom is 0 e. The van der Waals surface area contributed by atoms with Gasteiger partial charge < -0.3 is 14.9 Å². The summed E-state index contributed by atoms with van der Waals surface area (Å²) >= 11 is 0. The molecule has 0 nitrogen and oxygen atoms in total. The van der Waals surface area contributed by atoms with E-state index in [4.69, 9.17) is 0 Å². The van der Waals surface area contributed by atoms with E-state index < -0.39 is 0 Å². The smallest absolute Gasteiger partial charge is 0 e. The molecule has 0 N–H and O–H groups in total. The summed E-state index contributed by atoms with van der Waals surface area (Å²) in [6.45, 7) is 52.5. The number of aryl methyl sites for hydroxylation is 2. The molecular weight excluding hydrogens is 786 g/mol. The normalized spacial score (nSPS) is 6.20. The van der Waals surface area contributed by atoms with E-state index in [1.54, 1.807) is 0 Å². The molecule has 0 aliphatic carbocycles. The molecule has 0 aromatic heterocycles. The minimum absolute atomic E-state index is 0. The van der Waals surface area contributed by atoms with E-state index in [-0.39, 0.29) is 47.6 Å². The number of rotatable bonds is 1. The van der Waals surface area contributed by atoms with Gasteiger partial charge in [0.05, 0.1) is 0 Å². The molecule has 5 rings (SSSR count). The van der Waals surface area contributed by atoms with Crippen molar-refractivity contribution < 1.29 is 32.7 Å². The largest absolute Gasteiger partial charge is 0.358 e. The number of hydrogen-bond donors (Lipinski definition) is 0. The van der Waals surface area contributed by atoms with E-state index in [1.165, 1.54) is 34.7 Å². The molecule has 59 heavy (non-hydrogen) atoms. The predicted molar refractivity (Wildman–Crippen MR) is 291 cm³/mol. The Hall–Kier alpha value is -2.54. The molecule has 0 heterocycles. The molecule has 0 fully saturated rings. The summed E-state index contributed by atoms with van der Waals surface area (Å²) in [7, 11) is 0. The van der Waals surface area contributed by atoms with Gasteiger partial charge in [-0.3, -0.25) is 0 Å². The average molecular weight is 898 g/mol. The molecule has 5 aromatic rings. The zero-order valence-electron chi connectivity index (χ0n) is 45.8. The van der Waals surface area contributed by atoms with Gasteiger partial charge in [-0.2, -0.15) is 0 Å². The van der Waals surface area contributed by atoms with Crippen molar-refractivity contribution in [3.8, 4) is 0 Å². The summed E-state index contributed by atoms with van der Waals surface area (Å²) in [5.41, 5.74) is 2.64. The van der Waals surface area contributed by atoms with Crippen molar-refractivity contribution >= 4 is 10.8 Å². The first-order chi connectivity index (χ1) is 27.7. The van der Waals surface area contributed by atoms with Crippen molar-refractivity contribution in [2.75, 3.05) is 0 Å². The summed E-state index contributed by atoms with van der Waals surface area (Å²) in [6, 6.07) is 49.2. The van der Waals surface area contributed by atoms with Crippen molar-refractivity contribution in [3.05, 3.63) is 172 Å². The first-order valence-corrected chi connectivity index (χ1v) is 23.1. The van der Waals surface area contributed by atoms with Crippen LogP contribution in [0.5, 0.6) is 0 Å². The molecule has 349 valence electrons. The molecular formula is C58H112Y-2. The Morgan fingerprint density at radius 3 is 0.458 bits per heavy atom. The first-order valence-electron chi connectivity index (χ1n) is 23.1. The third-order valence-electron chi connectivity index (χ3n) is 4.71. The minimum Gasteiger partial charge on any atom is -0.358 e. The summed E-state index contributed by atoms with van der Waals surface area (Å²) < 4.78 is 0. The zero-order valence-corrected chi connectivity index (χ0v) is 48.7. The van der Waals surface area contributed by atoms with E-state index in [9.17, 15) is 0 Å². The molecule has 0 atom stereocenters. The van der Waals surface area contributed by atoms with Gasteiger partial charge in [0.15, 0.2) is 0 Å². The third-order valence-corrected chi connectivity index (χ3v) is 4.71. The topological polar surface area (TPSA) is 0 Å². The Morgan fingerprint density at radius 1 is 0.237 bits per heavy atom. The maximum atomic E-state index is 2.18. The molecule has 0 unspecified atom stereocenters. The van der Waals surface area contributed by atoms with E-state index in [0.29, 0.717) is 0 Å². The molecule has 1 heteroatoms. The van der Waals surface area contributed by atoms with Crippen LogP contribution in [0.15, 0.2) is 146 Å². The van der Waals surface area contributed by atoms with Gasteiger partial charge in [-0.1, -0.05) is 336 Å². The third kappa shape index (κ3) is 107. The Bertz CT molecular complexity index is 943. The second kappa shape index (κ2) is 131. The Balaban J connectivity index is -0.0000000320. The van der Waals surface area contributed by atoms with Gasteiger partial charge in [-0.25, -0.2) is 0 Å². The second-order valence-electron chi connectivity index (χ2n) is 7.81. The van der Waals surface area contributed by atoms with Crippen LogP contribution in [0.25, 0.3) is 10.8 Å². The first kappa shape index (κ1) is 96.3. The fourth-order valence-corrected chi connectivity index (χ4v) is 2.59. The van der Waals surface area contributed by atoms with Gasteiger partial charge in [-0.05, 0) is 24.6 Å². The fourth-order valence-electron chi connectivity index (χ4n) is 2.59. The van der Waals surface area contributed by atoms with E-state index in [1.807, 2.05) is 225 Å². The van der Waals surface area contributed by atoms with Crippen LogP contribution in [0.2, 0.25) is 0 Å². The van der Waals surface area contributed by atoms with Crippen LogP contribution < -0.4 is 0 Å². The molecule has 0 saturated heterocycles. The van der Waals surface area contributed by atoms with Gasteiger partial charge in [0.2, 0.25) is 0 Å². The summed E-state index contributed by atoms with van der Waals surface area (Å²) in [6.07, 6.45) is 2.64. The predicted octanol–water partition coefficient (Wildman–Crippen LogP) is 22.5. The van der Waals surface area contributed by atoms with E-state index in [0.717, 1.165) is 0 Å². The van der Waals surface area contributed by atoms with Crippen molar-refractivity contribution in [1.29, 1.82) is 0 Å². The Morgan fingerprint density at radius 2 is 0.356 bits per heavy atom. The quantitative estimate of drug-likeness (QED) is 0.147. The molecule has 0 aliphatic heterocycles. The van der Waals surface area contributed by atoms with Crippen LogP contribution in [0, 0.1) is 28.7 Å². The molecule has 0 amide bonds. The summed E-state index contributed by atoms with van der Waals surface area (Å²) in [4.78, 5) is 0. The molecule has 0 aliphatic rings. The number of hydrogen-bond acceptors (Lipinski definition) is 0. The number of unbranched alkanes of at least 4 members (excludes halogenated alkanes) is 1. The van der Waals surface area contributed by atoms with E-state index in [2.05, 4.69) is 100 Å². The van der Waals surface area contributed by atoms with Gasteiger partial charge in [0, 0.05) is 32.7 Å². The average Bonchev–Trinajstić information content (AvgIpc) is 3.35. The van der Waals surface area contributed by atoms with Gasteiger partial charge in [-0.15, -0.1) is 0 Å². The van der Waals surface area contributed by atoms with Crippen molar-refractivity contribution in [2.45, 2.75) is 193 Å². The van der Waals surface area contributed by atoms with Crippen molar-refractivity contribution in [2.24, 2.45) is 0 Å². The van der Waals surface area contributed by atoms with Crippen LogP contribution >= 0.6 is 0 Å². The van der Waals surface area contributed by atoms with Gasteiger partial charge in [0.25, 0.3) is 0 Å². The Kier molecular flexibility index (Phi) is 214. The SMILES string of the molecule is CC.CC.CC.CC.CC.CC.CC.CC.CC.CC.CC.CCCC.Cc1ccccc1.Cc1ccccc1.[CH3-].[CH3-].[Y].c1ccc2ccccc2c1.c1ccccc1. The van der Waals surface area contributed by atoms with Crippen molar-refractivity contribution in [3.63, 3.8) is 0 Å². The monoisotopic (exact) mass is 898 g/mol. The van der Waals surface area contributed by atoms with E-state index >= 15 is 0 Å². The fraction of sp³-hybridized carbons (Fsp3) is 0.483. The molecule has 0 saturated carbocycles. The number of fused-ring (bicyclic) bond motifs is 1. The number of benzene rings is 5. The van der Waals surface area contributed by atoms with Crippen LogP contribution in [0.4, 0.5) is 0 Å². The van der Waals surface area contributed by atoms with Gasteiger partial charge in [0.1, 0.15) is 0 Å². The van der Waals surface area contributed by atoms with Crippen LogP contribution in [-0.2, 0) is 32.7 Å². The maximum absolute atomic E-state index is 2.18. The molecule has 1 radical (unpaired) electrons. The van der Waals surface area contributed by atoms with Crippen LogP contribution in [-0.4, -0.2) is 0 Å². The summed E-state index contributed by atoms with van der Waals surface area (Å²) in [5, 5.41) is 2.62. The molecule has 0 bridgehead atoms.